The van der Waals surface area contributed by atoms with Gasteiger partial charge in [-0.15, -0.1) is 0 Å². The third kappa shape index (κ3) is 1.70. The van der Waals surface area contributed by atoms with E-state index in [4.69, 9.17) is 4.74 Å². The van der Waals surface area contributed by atoms with Gasteiger partial charge in [-0.25, -0.2) is 9.69 Å². The summed E-state index contributed by atoms with van der Waals surface area (Å²) in [6.45, 7) is 3.89. The molecule has 2 saturated heterocycles. The van der Waals surface area contributed by atoms with Crippen LogP contribution in [0.15, 0.2) is 30.3 Å². The van der Waals surface area contributed by atoms with E-state index in [2.05, 4.69) is 0 Å². The number of rotatable bonds is 1. The Morgan fingerprint density at radius 1 is 1.17 bits per heavy atom. The molecule has 3 fully saturated rings. The van der Waals surface area contributed by atoms with Gasteiger partial charge in [0.2, 0.25) is 0 Å². The molecule has 0 unspecified atom stereocenters. The van der Waals surface area contributed by atoms with Crippen LogP contribution in [0.2, 0.25) is 0 Å². The van der Waals surface area contributed by atoms with Crippen molar-refractivity contribution in [2.45, 2.75) is 50.8 Å². The predicted octanol–water partition coefficient (Wildman–Crippen LogP) is 3.01. The maximum atomic E-state index is 13.1. The lowest BCUT2D eigenvalue weighted by molar-refractivity contribution is -0.127. The van der Waals surface area contributed by atoms with Crippen LogP contribution in [0.4, 0.5) is 4.79 Å². The van der Waals surface area contributed by atoms with Crippen molar-refractivity contribution in [2.24, 2.45) is 5.92 Å². The summed E-state index contributed by atoms with van der Waals surface area (Å²) >= 11 is 0. The summed E-state index contributed by atoms with van der Waals surface area (Å²) in [5, 5.41) is 0. The van der Waals surface area contributed by atoms with Crippen LogP contribution in [0.25, 0.3) is 5.70 Å². The molecule has 5 rings (SSSR count). The SMILES string of the molecule is CC1(C)C=C(N2C(=O)[C@@H]3[C@@H]4CC[C@@H](C4)N3C2=O)c2ccccc2O1. The van der Waals surface area contributed by atoms with Crippen molar-refractivity contribution in [2.75, 3.05) is 0 Å². The average molecular weight is 324 g/mol. The number of amides is 3. The minimum atomic E-state index is -0.559. The second kappa shape index (κ2) is 4.41. The Labute approximate surface area is 140 Å². The van der Waals surface area contributed by atoms with E-state index >= 15 is 0 Å². The number of imide groups is 1. The third-order valence-electron chi connectivity index (χ3n) is 5.73. The second-order valence-corrected chi connectivity index (χ2v) is 7.77. The molecule has 24 heavy (non-hydrogen) atoms. The van der Waals surface area contributed by atoms with Crippen molar-refractivity contribution in [3.63, 3.8) is 0 Å². The molecule has 0 aromatic heterocycles. The van der Waals surface area contributed by atoms with Crippen LogP contribution in [-0.4, -0.2) is 39.4 Å². The fraction of sp³-hybridized carbons (Fsp3) is 0.474. The Bertz CT molecular complexity index is 770. The maximum Gasteiger partial charge on any atom is 0.332 e. The van der Waals surface area contributed by atoms with Crippen molar-refractivity contribution in [3.8, 4) is 5.75 Å². The van der Waals surface area contributed by atoms with Gasteiger partial charge < -0.3 is 9.64 Å². The predicted molar refractivity (Wildman–Crippen MR) is 88.1 cm³/mol. The Balaban J connectivity index is 1.62. The number of nitrogens with zero attached hydrogens (tertiary/aromatic N) is 2. The first kappa shape index (κ1) is 14.1. The molecule has 124 valence electrons. The molecule has 1 aromatic carbocycles. The van der Waals surface area contributed by atoms with Gasteiger partial charge in [0.25, 0.3) is 5.91 Å². The van der Waals surface area contributed by atoms with Crippen LogP contribution in [0.5, 0.6) is 5.75 Å². The van der Waals surface area contributed by atoms with Gasteiger partial charge >= 0.3 is 6.03 Å². The van der Waals surface area contributed by atoms with Gasteiger partial charge in [0.05, 0.1) is 5.70 Å². The molecule has 5 nitrogen and oxygen atoms in total. The Morgan fingerprint density at radius 2 is 1.96 bits per heavy atom. The summed E-state index contributed by atoms with van der Waals surface area (Å²) in [4.78, 5) is 29.4. The number of ether oxygens (including phenoxy) is 1. The van der Waals surface area contributed by atoms with E-state index in [1.165, 1.54) is 4.90 Å². The Kier molecular flexibility index (Phi) is 2.58. The van der Waals surface area contributed by atoms with E-state index in [0.717, 1.165) is 30.6 Å². The highest BCUT2D eigenvalue weighted by atomic mass is 16.5. The number of carbonyl (C=O) groups is 2. The number of urea groups is 1. The van der Waals surface area contributed by atoms with Crippen molar-refractivity contribution >= 4 is 17.6 Å². The smallest absolute Gasteiger partial charge is 0.332 e. The zero-order valence-corrected chi connectivity index (χ0v) is 13.9. The average Bonchev–Trinajstić information content (AvgIpc) is 3.20. The summed E-state index contributed by atoms with van der Waals surface area (Å²) in [5.74, 6) is 0.988. The second-order valence-electron chi connectivity index (χ2n) is 7.77. The van der Waals surface area contributed by atoms with E-state index in [1.54, 1.807) is 0 Å². The Hall–Kier alpha value is -2.30. The standard InChI is InChI=1S/C19H20N2O3/c1-19(2)10-14(13-5-3-4-6-15(13)24-19)21-17(22)16-11-7-8-12(9-11)20(16)18(21)23/h3-6,10-12,16H,7-9H2,1-2H3/t11-,12+,16+/m1/s1. The van der Waals surface area contributed by atoms with Crippen LogP contribution in [-0.2, 0) is 4.79 Å². The molecule has 3 amide bonds. The maximum absolute atomic E-state index is 13.1. The summed E-state index contributed by atoms with van der Waals surface area (Å²) in [6.07, 6.45) is 4.97. The molecular weight excluding hydrogens is 304 g/mol. The monoisotopic (exact) mass is 324 g/mol. The van der Waals surface area contributed by atoms with E-state index in [9.17, 15) is 9.59 Å². The van der Waals surface area contributed by atoms with E-state index in [-0.39, 0.29) is 24.0 Å². The minimum absolute atomic E-state index is 0.0639. The summed E-state index contributed by atoms with van der Waals surface area (Å²) in [5.41, 5.74) is 0.925. The highest BCUT2D eigenvalue weighted by molar-refractivity contribution is 6.12. The van der Waals surface area contributed by atoms with Crippen molar-refractivity contribution in [3.05, 3.63) is 35.9 Å². The summed E-state index contributed by atoms with van der Waals surface area (Å²) < 4.78 is 5.99. The van der Waals surface area contributed by atoms with Crippen LogP contribution >= 0.6 is 0 Å². The fourth-order valence-corrected chi connectivity index (χ4v) is 4.82. The molecule has 1 aromatic rings. The molecule has 5 heteroatoms. The first-order valence-corrected chi connectivity index (χ1v) is 8.64. The van der Waals surface area contributed by atoms with Gasteiger partial charge in [-0.05, 0) is 57.2 Å². The number of hydrogen-bond donors (Lipinski definition) is 0. The van der Waals surface area contributed by atoms with Crippen LogP contribution in [0.1, 0.15) is 38.7 Å². The third-order valence-corrected chi connectivity index (χ3v) is 5.73. The molecule has 1 saturated carbocycles. The van der Waals surface area contributed by atoms with Gasteiger partial charge in [-0.2, -0.15) is 0 Å². The van der Waals surface area contributed by atoms with Crippen molar-refractivity contribution in [1.82, 2.24) is 9.80 Å². The number of para-hydroxylation sites is 1. The molecule has 3 heterocycles. The molecular formula is C19H20N2O3. The van der Waals surface area contributed by atoms with Crippen LogP contribution in [0, 0.1) is 5.92 Å². The molecule has 0 N–H and O–H groups in total. The first-order chi connectivity index (χ1) is 11.5. The molecule has 3 aliphatic heterocycles. The lowest BCUT2D eigenvalue weighted by atomic mass is 9.96. The molecule has 3 atom stereocenters. The van der Waals surface area contributed by atoms with Gasteiger partial charge in [-0.1, -0.05) is 12.1 Å². The molecule has 4 aliphatic rings. The minimum Gasteiger partial charge on any atom is -0.483 e. The van der Waals surface area contributed by atoms with Gasteiger partial charge in [0, 0.05) is 11.6 Å². The van der Waals surface area contributed by atoms with Crippen molar-refractivity contribution < 1.29 is 14.3 Å². The lowest BCUT2D eigenvalue weighted by Crippen LogP contribution is -2.40. The number of hydrogen-bond acceptors (Lipinski definition) is 3. The van der Waals surface area contributed by atoms with Gasteiger partial charge in [0.1, 0.15) is 17.4 Å². The van der Waals surface area contributed by atoms with Crippen LogP contribution < -0.4 is 4.74 Å². The summed E-state index contributed by atoms with van der Waals surface area (Å²) in [7, 11) is 0. The molecule has 0 radical (unpaired) electrons. The highest BCUT2D eigenvalue weighted by Crippen LogP contribution is 2.49. The van der Waals surface area contributed by atoms with Crippen LogP contribution in [0.3, 0.4) is 0 Å². The quantitative estimate of drug-likeness (QED) is 0.746. The highest BCUT2D eigenvalue weighted by Gasteiger charge is 2.60. The number of benzene rings is 1. The normalized spacial score (nSPS) is 32.6. The van der Waals surface area contributed by atoms with E-state index < -0.39 is 5.60 Å². The van der Waals surface area contributed by atoms with Gasteiger partial charge in [-0.3, -0.25) is 4.79 Å². The topological polar surface area (TPSA) is 49.9 Å². The zero-order valence-electron chi connectivity index (χ0n) is 13.9. The number of piperidine rings is 1. The Morgan fingerprint density at radius 3 is 2.75 bits per heavy atom. The summed E-state index contributed by atoms with van der Waals surface area (Å²) in [6, 6.07) is 7.44. The molecule has 2 bridgehead atoms. The lowest BCUT2D eigenvalue weighted by Gasteiger charge is -2.33. The van der Waals surface area contributed by atoms with Crippen molar-refractivity contribution in [1.29, 1.82) is 0 Å². The number of carbonyl (C=O) groups excluding carboxylic acids is 2. The largest absolute Gasteiger partial charge is 0.483 e. The molecule has 0 spiro atoms. The van der Waals surface area contributed by atoms with Gasteiger partial charge in [0.15, 0.2) is 0 Å². The fourth-order valence-electron chi connectivity index (χ4n) is 4.82. The number of fused-ring (bicyclic) bond motifs is 6. The molecule has 1 aliphatic carbocycles. The first-order valence-electron chi connectivity index (χ1n) is 8.64. The van der Waals surface area contributed by atoms with E-state index in [0.29, 0.717) is 11.6 Å². The van der Waals surface area contributed by atoms with E-state index in [1.807, 2.05) is 49.1 Å². The zero-order chi connectivity index (χ0) is 16.6.